The molecule has 0 fully saturated rings. The molecule has 3 nitrogen and oxygen atoms in total. The zero-order valence-electron chi connectivity index (χ0n) is 10.8. The molecule has 1 aromatic rings. The summed E-state index contributed by atoms with van der Waals surface area (Å²) in [5.41, 5.74) is 2.08. The Bertz CT molecular complexity index is 506. The number of hydrogen-bond acceptors (Lipinski definition) is 3. The van der Waals surface area contributed by atoms with Gasteiger partial charge in [-0.05, 0) is 29.8 Å². The monoisotopic (exact) mass is 260 g/mol. The smallest absolute Gasteiger partial charge is 0.206 e. The molecular weight excluding hydrogens is 244 g/mol. The van der Waals surface area contributed by atoms with E-state index in [4.69, 9.17) is 0 Å². The summed E-state index contributed by atoms with van der Waals surface area (Å²) in [4.78, 5) is 18.3. The molecule has 1 unspecified atom stereocenters. The van der Waals surface area contributed by atoms with Gasteiger partial charge in [-0.15, -0.1) is 0 Å². The lowest BCUT2D eigenvalue weighted by Crippen LogP contribution is -2.07. The van der Waals surface area contributed by atoms with Crippen LogP contribution in [0.4, 0.5) is 0 Å². The van der Waals surface area contributed by atoms with E-state index >= 15 is 0 Å². The number of carbonyl (C=O) groups excluding carboxylic acids is 1. The van der Waals surface area contributed by atoms with E-state index in [9.17, 15) is 4.79 Å². The van der Waals surface area contributed by atoms with Gasteiger partial charge in [0, 0.05) is 14.1 Å². The fourth-order valence-electron chi connectivity index (χ4n) is 1.86. The highest BCUT2D eigenvalue weighted by Gasteiger charge is 2.32. The predicted molar refractivity (Wildman–Crippen MR) is 76.7 cm³/mol. The molecule has 0 aliphatic carbocycles. The first-order chi connectivity index (χ1) is 8.59. The maximum absolute atomic E-state index is 12.1. The van der Waals surface area contributed by atoms with Crippen LogP contribution in [0.3, 0.4) is 0 Å². The Balaban J connectivity index is 2.30. The summed E-state index contributed by atoms with van der Waals surface area (Å²) < 4.78 is 0. The molecule has 0 saturated carbocycles. The largest absolute Gasteiger partial charge is 0.369 e. The first kappa shape index (κ1) is 12.9. The molecule has 1 aliphatic rings. The molecule has 1 aromatic carbocycles. The van der Waals surface area contributed by atoms with E-state index in [0.717, 1.165) is 16.2 Å². The SMILES string of the molecule is CC1=C(N=CN(C)C)SC(=O)C1c1ccccc1. The number of aliphatic imine (C=N–C) groups is 1. The summed E-state index contributed by atoms with van der Waals surface area (Å²) in [6.07, 6.45) is 1.73. The fourth-order valence-corrected chi connectivity index (χ4v) is 2.86. The Kier molecular flexibility index (Phi) is 3.87. The minimum Gasteiger partial charge on any atom is -0.369 e. The Morgan fingerprint density at radius 3 is 2.56 bits per heavy atom. The molecule has 0 spiro atoms. The maximum atomic E-state index is 12.1. The van der Waals surface area contributed by atoms with Gasteiger partial charge in [-0.3, -0.25) is 4.79 Å². The van der Waals surface area contributed by atoms with Crippen LogP contribution in [0.15, 0.2) is 45.9 Å². The number of carbonyl (C=O) groups is 1. The van der Waals surface area contributed by atoms with Crippen molar-refractivity contribution in [2.45, 2.75) is 12.8 Å². The van der Waals surface area contributed by atoms with Crippen LogP contribution in [-0.2, 0) is 4.79 Å². The van der Waals surface area contributed by atoms with Gasteiger partial charge >= 0.3 is 0 Å². The summed E-state index contributed by atoms with van der Waals surface area (Å²) in [5.74, 6) is -0.148. The van der Waals surface area contributed by atoms with Gasteiger partial charge < -0.3 is 4.90 Å². The van der Waals surface area contributed by atoms with Crippen molar-refractivity contribution in [2.75, 3.05) is 14.1 Å². The Morgan fingerprint density at radius 2 is 1.94 bits per heavy atom. The van der Waals surface area contributed by atoms with Gasteiger partial charge in [-0.2, -0.15) is 0 Å². The molecular formula is C14H16N2OS. The van der Waals surface area contributed by atoms with Crippen molar-refractivity contribution in [1.29, 1.82) is 0 Å². The zero-order chi connectivity index (χ0) is 13.1. The first-order valence-corrected chi connectivity index (χ1v) is 6.59. The molecule has 4 heteroatoms. The van der Waals surface area contributed by atoms with Gasteiger partial charge in [0.15, 0.2) is 0 Å². The van der Waals surface area contributed by atoms with Gasteiger partial charge in [0.05, 0.1) is 12.3 Å². The molecule has 94 valence electrons. The minimum atomic E-state index is -0.148. The van der Waals surface area contributed by atoms with Crippen LogP contribution in [0.5, 0.6) is 0 Å². The van der Waals surface area contributed by atoms with Gasteiger partial charge in [0.25, 0.3) is 0 Å². The Labute approximate surface area is 112 Å². The average molecular weight is 260 g/mol. The summed E-state index contributed by atoms with van der Waals surface area (Å²) in [7, 11) is 3.82. The number of benzene rings is 1. The Hall–Kier alpha value is -1.55. The first-order valence-electron chi connectivity index (χ1n) is 5.77. The van der Waals surface area contributed by atoms with E-state index in [0.29, 0.717) is 0 Å². The van der Waals surface area contributed by atoms with E-state index in [1.165, 1.54) is 11.8 Å². The van der Waals surface area contributed by atoms with E-state index in [1.807, 2.05) is 56.3 Å². The van der Waals surface area contributed by atoms with Crippen LogP contribution < -0.4 is 0 Å². The maximum Gasteiger partial charge on any atom is 0.206 e. The number of thioether (sulfide) groups is 1. The summed E-state index contributed by atoms with van der Waals surface area (Å²) in [5, 5.41) is 0.979. The quantitative estimate of drug-likeness (QED) is 0.619. The molecule has 0 radical (unpaired) electrons. The van der Waals surface area contributed by atoms with E-state index in [1.54, 1.807) is 6.34 Å². The van der Waals surface area contributed by atoms with Crippen molar-refractivity contribution in [3.63, 3.8) is 0 Å². The molecule has 0 N–H and O–H groups in total. The second-order valence-corrected chi connectivity index (χ2v) is 5.45. The Morgan fingerprint density at radius 1 is 1.28 bits per heavy atom. The summed E-state index contributed by atoms with van der Waals surface area (Å²) in [6, 6.07) is 9.86. The van der Waals surface area contributed by atoms with Crippen LogP contribution in [0, 0.1) is 0 Å². The van der Waals surface area contributed by atoms with Crippen molar-refractivity contribution in [3.05, 3.63) is 46.5 Å². The highest BCUT2D eigenvalue weighted by atomic mass is 32.2. The number of rotatable bonds is 3. The summed E-state index contributed by atoms with van der Waals surface area (Å²) in [6.45, 7) is 1.98. The molecule has 0 bridgehead atoms. The van der Waals surface area contributed by atoms with Crippen LogP contribution in [0.25, 0.3) is 0 Å². The van der Waals surface area contributed by atoms with Gasteiger partial charge in [-0.25, -0.2) is 4.99 Å². The molecule has 0 aromatic heterocycles. The third kappa shape index (κ3) is 2.64. The molecule has 1 heterocycles. The van der Waals surface area contributed by atoms with Crippen LogP contribution in [-0.4, -0.2) is 30.4 Å². The predicted octanol–water partition coefficient (Wildman–Crippen LogP) is 2.87. The molecule has 18 heavy (non-hydrogen) atoms. The normalized spacial score (nSPS) is 19.9. The van der Waals surface area contributed by atoms with Crippen LogP contribution in [0.2, 0.25) is 0 Å². The second-order valence-electron chi connectivity index (χ2n) is 4.46. The fraction of sp³-hybridized carbons (Fsp3) is 0.286. The van der Waals surface area contributed by atoms with E-state index < -0.39 is 0 Å². The van der Waals surface area contributed by atoms with E-state index in [2.05, 4.69) is 4.99 Å². The second kappa shape index (κ2) is 5.40. The number of allylic oxidation sites excluding steroid dienone is 1. The topological polar surface area (TPSA) is 32.7 Å². The third-order valence-corrected chi connectivity index (χ3v) is 3.80. The summed E-state index contributed by atoms with van der Waals surface area (Å²) >= 11 is 1.23. The van der Waals surface area contributed by atoms with Crippen LogP contribution >= 0.6 is 11.8 Å². The van der Waals surface area contributed by atoms with Crippen molar-refractivity contribution in [3.8, 4) is 0 Å². The highest BCUT2D eigenvalue weighted by molar-refractivity contribution is 8.17. The lowest BCUT2D eigenvalue weighted by Gasteiger charge is -2.09. The molecule has 2 rings (SSSR count). The van der Waals surface area contributed by atoms with Gasteiger partial charge in [0.1, 0.15) is 5.03 Å². The van der Waals surface area contributed by atoms with Crippen molar-refractivity contribution < 1.29 is 4.79 Å². The van der Waals surface area contributed by atoms with Crippen molar-refractivity contribution >= 4 is 23.2 Å². The number of nitrogens with zero attached hydrogens (tertiary/aromatic N) is 2. The third-order valence-electron chi connectivity index (χ3n) is 2.74. The van der Waals surface area contributed by atoms with Crippen molar-refractivity contribution in [2.24, 2.45) is 4.99 Å². The molecule has 0 amide bonds. The van der Waals surface area contributed by atoms with Crippen molar-refractivity contribution in [1.82, 2.24) is 4.90 Å². The zero-order valence-corrected chi connectivity index (χ0v) is 11.6. The molecule has 1 aliphatic heterocycles. The lowest BCUT2D eigenvalue weighted by atomic mass is 9.94. The highest BCUT2D eigenvalue weighted by Crippen LogP contribution is 2.43. The van der Waals surface area contributed by atoms with E-state index in [-0.39, 0.29) is 11.0 Å². The lowest BCUT2D eigenvalue weighted by molar-refractivity contribution is -0.111. The van der Waals surface area contributed by atoms with Gasteiger partial charge in [-0.1, -0.05) is 30.3 Å². The average Bonchev–Trinajstić information content (AvgIpc) is 2.63. The van der Waals surface area contributed by atoms with Crippen LogP contribution in [0.1, 0.15) is 18.4 Å². The minimum absolute atomic E-state index is 0.148. The molecule has 1 atom stereocenters. The van der Waals surface area contributed by atoms with Gasteiger partial charge in [0.2, 0.25) is 5.12 Å². The number of hydrogen-bond donors (Lipinski definition) is 0. The standard InChI is InChI=1S/C14H16N2OS/c1-10-12(11-7-5-4-6-8-11)14(17)18-13(10)15-9-16(2)3/h4-9,12H,1-3H3. The molecule has 0 saturated heterocycles.